The van der Waals surface area contributed by atoms with Gasteiger partial charge in [0.1, 0.15) is 0 Å². The van der Waals surface area contributed by atoms with Crippen molar-refractivity contribution in [2.75, 3.05) is 19.6 Å². The second-order valence-electron chi connectivity index (χ2n) is 7.26. The molecule has 0 saturated carbocycles. The minimum atomic E-state index is -3.44. The Morgan fingerprint density at radius 1 is 1.15 bits per heavy atom. The molecule has 2 N–H and O–H groups in total. The maximum atomic E-state index is 12.8. The zero-order valence-electron chi connectivity index (χ0n) is 14.9. The molecule has 6 heteroatoms. The van der Waals surface area contributed by atoms with Crippen LogP contribution in [0.15, 0.2) is 59.5 Å². The Hall–Kier alpha value is -2.18. The average molecular weight is 372 g/mol. The van der Waals surface area contributed by atoms with Gasteiger partial charge in [0.25, 0.3) is 5.91 Å². The molecule has 2 aromatic rings. The molecule has 0 bridgehead atoms. The SMILES string of the molecule is CC1(CN)CCN(C(=O)c2cccc(CS(=O)(=O)c3ccccc3)c2)C1. The number of carbonyl (C=O) groups excluding carboxylic acids is 1. The molecule has 26 heavy (non-hydrogen) atoms. The summed E-state index contributed by atoms with van der Waals surface area (Å²) >= 11 is 0. The lowest BCUT2D eigenvalue weighted by Crippen LogP contribution is -2.34. The Morgan fingerprint density at radius 3 is 2.54 bits per heavy atom. The van der Waals surface area contributed by atoms with Crippen LogP contribution in [-0.2, 0) is 15.6 Å². The third-order valence-electron chi connectivity index (χ3n) is 4.97. The van der Waals surface area contributed by atoms with Gasteiger partial charge < -0.3 is 10.6 Å². The molecule has 1 aliphatic heterocycles. The molecule has 0 radical (unpaired) electrons. The first kappa shape index (κ1) is 18.6. The number of nitrogens with two attached hydrogens (primary N) is 1. The number of carbonyl (C=O) groups is 1. The Bertz CT molecular complexity index is 896. The van der Waals surface area contributed by atoms with Gasteiger partial charge in [-0.3, -0.25) is 4.79 Å². The second-order valence-corrected chi connectivity index (χ2v) is 9.25. The highest BCUT2D eigenvalue weighted by Gasteiger charge is 2.35. The van der Waals surface area contributed by atoms with Crippen molar-refractivity contribution in [1.82, 2.24) is 4.90 Å². The maximum Gasteiger partial charge on any atom is 0.253 e. The zero-order chi connectivity index (χ0) is 18.8. The molecule has 3 rings (SSSR count). The standard InChI is InChI=1S/C20H24N2O3S/c1-20(14-21)10-11-22(15-20)19(23)17-7-5-6-16(12-17)13-26(24,25)18-8-3-2-4-9-18/h2-9,12H,10-11,13-15,21H2,1H3. The number of rotatable bonds is 5. The summed E-state index contributed by atoms with van der Waals surface area (Å²) in [6.07, 6.45) is 0.886. The van der Waals surface area contributed by atoms with E-state index in [9.17, 15) is 13.2 Å². The van der Waals surface area contributed by atoms with Crippen LogP contribution in [0.25, 0.3) is 0 Å². The zero-order valence-corrected chi connectivity index (χ0v) is 15.7. The van der Waals surface area contributed by atoms with Crippen molar-refractivity contribution in [2.45, 2.75) is 24.0 Å². The number of hydrogen-bond donors (Lipinski definition) is 1. The van der Waals surface area contributed by atoms with E-state index in [2.05, 4.69) is 6.92 Å². The van der Waals surface area contributed by atoms with Gasteiger partial charge in [0, 0.05) is 18.7 Å². The highest BCUT2D eigenvalue weighted by molar-refractivity contribution is 7.90. The van der Waals surface area contributed by atoms with Gasteiger partial charge in [0.05, 0.1) is 10.6 Å². The van der Waals surface area contributed by atoms with Crippen LogP contribution >= 0.6 is 0 Å². The Kier molecular flexibility index (Phi) is 5.16. The predicted octanol–water partition coefficient (Wildman–Crippen LogP) is 2.47. The van der Waals surface area contributed by atoms with E-state index in [1.807, 2.05) is 0 Å². The van der Waals surface area contributed by atoms with E-state index in [4.69, 9.17) is 5.73 Å². The molecule has 5 nitrogen and oxygen atoms in total. The predicted molar refractivity (Wildman–Crippen MR) is 101 cm³/mol. The second kappa shape index (κ2) is 7.21. The van der Waals surface area contributed by atoms with Crippen molar-refractivity contribution in [3.63, 3.8) is 0 Å². The van der Waals surface area contributed by atoms with E-state index in [0.29, 0.717) is 30.8 Å². The Labute approximate surface area is 154 Å². The summed E-state index contributed by atoms with van der Waals surface area (Å²) in [5.74, 6) is -0.195. The highest BCUT2D eigenvalue weighted by atomic mass is 32.2. The summed E-state index contributed by atoms with van der Waals surface area (Å²) in [6, 6.07) is 15.3. The minimum Gasteiger partial charge on any atom is -0.338 e. The van der Waals surface area contributed by atoms with Crippen molar-refractivity contribution in [2.24, 2.45) is 11.1 Å². The van der Waals surface area contributed by atoms with Crippen LogP contribution in [0, 0.1) is 5.41 Å². The monoisotopic (exact) mass is 372 g/mol. The van der Waals surface area contributed by atoms with E-state index in [1.54, 1.807) is 59.5 Å². The average Bonchev–Trinajstić information content (AvgIpc) is 3.05. The van der Waals surface area contributed by atoms with Crippen molar-refractivity contribution < 1.29 is 13.2 Å². The number of hydrogen-bond acceptors (Lipinski definition) is 4. The van der Waals surface area contributed by atoms with Gasteiger partial charge in [0.15, 0.2) is 9.84 Å². The van der Waals surface area contributed by atoms with E-state index in [0.717, 1.165) is 6.42 Å². The summed E-state index contributed by atoms with van der Waals surface area (Å²) in [4.78, 5) is 14.9. The van der Waals surface area contributed by atoms with Gasteiger partial charge in [-0.2, -0.15) is 0 Å². The van der Waals surface area contributed by atoms with Gasteiger partial charge >= 0.3 is 0 Å². The maximum absolute atomic E-state index is 12.8. The van der Waals surface area contributed by atoms with Crippen LogP contribution in [0.2, 0.25) is 0 Å². The minimum absolute atomic E-state index is 0.0378. The van der Waals surface area contributed by atoms with Gasteiger partial charge in [-0.1, -0.05) is 37.3 Å². The largest absolute Gasteiger partial charge is 0.338 e. The van der Waals surface area contributed by atoms with E-state index >= 15 is 0 Å². The number of likely N-dealkylation sites (tertiary alicyclic amines) is 1. The fraction of sp³-hybridized carbons (Fsp3) is 0.350. The van der Waals surface area contributed by atoms with Gasteiger partial charge in [-0.25, -0.2) is 8.42 Å². The summed E-state index contributed by atoms with van der Waals surface area (Å²) < 4.78 is 25.1. The number of amides is 1. The van der Waals surface area contributed by atoms with Crippen LogP contribution in [0.1, 0.15) is 29.3 Å². The van der Waals surface area contributed by atoms with Crippen LogP contribution in [0.3, 0.4) is 0 Å². The van der Waals surface area contributed by atoms with Crippen LogP contribution < -0.4 is 5.73 Å². The molecule has 1 atom stereocenters. The lowest BCUT2D eigenvalue weighted by atomic mass is 9.90. The molecule has 1 amide bonds. The summed E-state index contributed by atoms with van der Waals surface area (Å²) in [7, 11) is -3.44. The Morgan fingerprint density at radius 2 is 1.88 bits per heavy atom. The van der Waals surface area contributed by atoms with Crippen molar-refractivity contribution in [1.29, 1.82) is 0 Å². The van der Waals surface area contributed by atoms with Crippen LogP contribution in [0.4, 0.5) is 0 Å². The molecule has 1 heterocycles. The van der Waals surface area contributed by atoms with E-state index in [-0.39, 0.29) is 22.0 Å². The quantitative estimate of drug-likeness (QED) is 0.874. The van der Waals surface area contributed by atoms with Crippen LogP contribution in [0.5, 0.6) is 0 Å². The molecule has 0 spiro atoms. The lowest BCUT2D eigenvalue weighted by molar-refractivity contribution is 0.0777. The summed E-state index contributed by atoms with van der Waals surface area (Å²) in [5, 5.41) is 0. The van der Waals surface area contributed by atoms with E-state index in [1.165, 1.54) is 0 Å². The molecular formula is C20H24N2O3S. The normalized spacial score (nSPS) is 20.3. The first-order chi connectivity index (χ1) is 12.3. The molecular weight excluding hydrogens is 348 g/mol. The lowest BCUT2D eigenvalue weighted by Gasteiger charge is -2.22. The molecule has 1 aliphatic rings. The van der Waals surface area contributed by atoms with Gasteiger partial charge in [-0.05, 0) is 48.2 Å². The smallest absolute Gasteiger partial charge is 0.253 e. The molecule has 1 unspecified atom stereocenters. The first-order valence-corrected chi connectivity index (χ1v) is 10.3. The topological polar surface area (TPSA) is 80.5 Å². The van der Waals surface area contributed by atoms with Crippen LogP contribution in [-0.4, -0.2) is 38.9 Å². The molecule has 2 aromatic carbocycles. The molecule has 1 fully saturated rings. The summed E-state index contributed by atoms with van der Waals surface area (Å²) in [6.45, 7) is 3.95. The van der Waals surface area contributed by atoms with E-state index < -0.39 is 9.84 Å². The highest BCUT2D eigenvalue weighted by Crippen LogP contribution is 2.29. The molecule has 0 aliphatic carbocycles. The number of benzene rings is 2. The fourth-order valence-electron chi connectivity index (χ4n) is 3.27. The number of sulfone groups is 1. The summed E-state index contributed by atoms with van der Waals surface area (Å²) in [5.41, 5.74) is 6.91. The molecule has 1 saturated heterocycles. The fourth-order valence-corrected chi connectivity index (χ4v) is 4.63. The van der Waals surface area contributed by atoms with Crippen molar-refractivity contribution in [3.8, 4) is 0 Å². The van der Waals surface area contributed by atoms with Gasteiger partial charge in [-0.15, -0.1) is 0 Å². The number of nitrogens with zero attached hydrogens (tertiary/aromatic N) is 1. The first-order valence-electron chi connectivity index (χ1n) is 8.69. The molecule has 0 aromatic heterocycles. The molecule has 138 valence electrons. The van der Waals surface area contributed by atoms with Crippen molar-refractivity contribution >= 4 is 15.7 Å². The van der Waals surface area contributed by atoms with Crippen molar-refractivity contribution in [3.05, 3.63) is 65.7 Å². The third-order valence-corrected chi connectivity index (χ3v) is 6.67. The van der Waals surface area contributed by atoms with Gasteiger partial charge in [0.2, 0.25) is 0 Å². The third kappa shape index (κ3) is 3.97. The Balaban J connectivity index is 1.78.